The molecule has 2 aliphatic heterocycles. The van der Waals surface area contributed by atoms with Gasteiger partial charge in [-0.3, -0.25) is 9.59 Å². The molecule has 4 bridgehead atoms. The number of likely N-dealkylation sites (tertiary alicyclic amines) is 2. The van der Waals surface area contributed by atoms with Gasteiger partial charge in [0.15, 0.2) is 0 Å². The number of hydrogen-bond donors (Lipinski definition) is 0. The van der Waals surface area contributed by atoms with Gasteiger partial charge in [0.1, 0.15) is 6.04 Å². The Morgan fingerprint density at radius 1 is 0.964 bits per heavy atom. The lowest BCUT2D eigenvalue weighted by Gasteiger charge is -2.56. The number of carbonyl (C=O) groups excluding carboxylic acids is 2. The van der Waals surface area contributed by atoms with Crippen LogP contribution >= 0.6 is 0 Å². The molecule has 2 heterocycles. The normalized spacial score (nSPS) is 42.2. The number of piperidine rings is 1. The molecule has 0 radical (unpaired) electrons. The van der Waals surface area contributed by atoms with Crippen molar-refractivity contribution in [2.45, 2.75) is 83.3 Å². The van der Waals surface area contributed by atoms with Gasteiger partial charge < -0.3 is 14.5 Å². The van der Waals surface area contributed by atoms with E-state index in [1.54, 1.807) is 0 Å². The van der Waals surface area contributed by atoms with Crippen LogP contribution in [-0.2, 0) is 14.3 Å². The zero-order valence-corrected chi connectivity index (χ0v) is 17.4. The summed E-state index contributed by atoms with van der Waals surface area (Å²) < 4.78 is 5.79. The first-order valence-electron chi connectivity index (χ1n) is 11.8. The molecular weight excluding hydrogens is 352 g/mol. The second-order valence-corrected chi connectivity index (χ2v) is 10.4. The standard InChI is InChI=1S/C23H36N2O3/c1-2-28-19-5-3-7-24(15-19)21(26)20-6-4-8-25(20)22(27)23-12-16-9-17(13-23)11-18(10-16)14-23/h16-20H,2-15H2,1H3. The summed E-state index contributed by atoms with van der Waals surface area (Å²) in [5.41, 5.74) is -0.132. The van der Waals surface area contributed by atoms with Crippen molar-refractivity contribution < 1.29 is 14.3 Å². The SMILES string of the molecule is CCOC1CCCN(C(=O)C2CCCN2C(=O)C23CC4CC(CC(C4)C2)C3)C1. The molecule has 2 unspecified atom stereocenters. The fourth-order valence-electron chi connectivity index (χ4n) is 7.66. The number of amides is 2. The number of ether oxygens (including phenoxy) is 1. The molecule has 2 saturated heterocycles. The zero-order valence-electron chi connectivity index (χ0n) is 17.4. The lowest BCUT2D eigenvalue weighted by atomic mass is 9.49. The molecule has 0 aromatic heterocycles. The van der Waals surface area contributed by atoms with Crippen LogP contribution in [0.5, 0.6) is 0 Å². The van der Waals surface area contributed by atoms with Gasteiger partial charge in [0, 0.05) is 26.2 Å². The minimum Gasteiger partial charge on any atom is -0.377 e. The molecule has 5 nitrogen and oxygen atoms in total. The maximum atomic E-state index is 13.8. The average Bonchev–Trinajstić information content (AvgIpc) is 3.16. The van der Waals surface area contributed by atoms with Gasteiger partial charge >= 0.3 is 0 Å². The van der Waals surface area contributed by atoms with Crippen molar-refractivity contribution in [3.05, 3.63) is 0 Å². The second kappa shape index (κ2) is 7.30. The third-order valence-electron chi connectivity index (χ3n) is 8.38. The molecule has 6 rings (SSSR count). The molecule has 0 N–H and O–H groups in total. The van der Waals surface area contributed by atoms with Crippen molar-refractivity contribution in [1.29, 1.82) is 0 Å². The van der Waals surface area contributed by atoms with Crippen LogP contribution in [0.25, 0.3) is 0 Å². The predicted octanol–water partition coefficient (Wildman–Crippen LogP) is 3.22. The summed E-state index contributed by atoms with van der Waals surface area (Å²) in [6.45, 7) is 5.01. The van der Waals surface area contributed by atoms with E-state index < -0.39 is 0 Å². The highest BCUT2D eigenvalue weighted by atomic mass is 16.5. The highest BCUT2D eigenvalue weighted by molar-refractivity contribution is 5.91. The Morgan fingerprint density at radius 2 is 1.61 bits per heavy atom. The monoisotopic (exact) mass is 388 g/mol. The molecule has 6 aliphatic rings. The van der Waals surface area contributed by atoms with Crippen LogP contribution < -0.4 is 0 Å². The molecule has 6 fully saturated rings. The lowest BCUT2D eigenvalue weighted by molar-refractivity contribution is -0.162. The topological polar surface area (TPSA) is 49.9 Å². The van der Waals surface area contributed by atoms with Gasteiger partial charge in [0.05, 0.1) is 11.5 Å². The summed E-state index contributed by atoms with van der Waals surface area (Å²) >= 11 is 0. The molecule has 4 saturated carbocycles. The smallest absolute Gasteiger partial charge is 0.245 e. The minimum absolute atomic E-state index is 0.132. The number of carbonyl (C=O) groups is 2. The molecule has 0 aromatic carbocycles. The van der Waals surface area contributed by atoms with Gasteiger partial charge in [-0.25, -0.2) is 0 Å². The first-order valence-corrected chi connectivity index (χ1v) is 11.8. The van der Waals surface area contributed by atoms with E-state index in [1.807, 2.05) is 16.7 Å². The molecule has 5 heteroatoms. The first-order chi connectivity index (χ1) is 13.6. The van der Waals surface area contributed by atoms with E-state index in [2.05, 4.69) is 0 Å². The third-order valence-corrected chi connectivity index (χ3v) is 8.38. The van der Waals surface area contributed by atoms with E-state index in [0.717, 1.165) is 75.8 Å². The zero-order chi connectivity index (χ0) is 19.3. The summed E-state index contributed by atoms with van der Waals surface area (Å²) in [6.07, 6.45) is 11.3. The Kier molecular flexibility index (Phi) is 4.93. The number of rotatable bonds is 4. The van der Waals surface area contributed by atoms with Crippen LogP contribution in [0, 0.1) is 23.2 Å². The number of nitrogens with zero attached hydrogens (tertiary/aromatic N) is 2. The molecular formula is C23H36N2O3. The van der Waals surface area contributed by atoms with Crippen LogP contribution in [0.2, 0.25) is 0 Å². The van der Waals surface area contributed by atoms with Gasteiger partial charge in [-0.2, -0.15) is 0 Å². The highest BCUT2D eigenvalue weighted by Crippen LogP contribution is 2.60. The molecule has 28 heavy (non-hydrogen) atoms. The quantitative estimate of drug-likeness (QED) is 0.743. The van der Waals surface area contributed by atoms with Gasteiger partial charge in [-0.1, -0.05) is 0 Å². The van der Waals surface area contributed by atoms with Crippen LogP contribution in [-0.4, -0.2) is 60.0 Å². The van der Waals surface area contributed by atoms with E-state index >= 15 is 0 Å². The van der Waals surface area contributed by atoms with Crippen molar-refractivity contribution in [2.24, 2.45) is 23.2 Å². The molecule has 2 amide bonds. The van der Waals surface area contributed by atoms with Crippen molar-refractivity contribution in [1.82, 2.24) is 9.80 Å². The maximum absolute atomic E-state index is 13.8. The van der Waals surface area contributed by atoms with Crippen molar-refractivity contribution in [2.75, 3.05) is 26.2 Å². The van der Waals surface area contributed by atoms with Crippen LogP contribution in [0.3, 0.4) is 0 Å². The second-order valence-electron chi connectivity index (χ2n) is 10.4. The molecule has 4 aliphatic carbocycles. The van der Waals surface area contributed by atoms with Crippen molar-refractivity contribution in [3.8, 4) is 0 Å². The molecule has 156 valence electrons. The summed E-state index contributed by atoms with van der Waals surface area (Å²) in [5, 5.41) is 0. The van der Waals surface area contributed by atoms with Crippen LogP contribution in [0.4, 0.5) is 0 Å². The minimum atomic E-state index is -0.221. The fraction of sp³-hybridized carbons (Fsp3) is 0.913. The first kappa shape index (κ1) is 18.9. The van der Waals surface area contributed by atoms with Crippen LogP contribution in [0.15, 0.2) is 0 Å². The molecule has 0 spiro atoms. The summed E-state index contributed by atoms with van der Waals surface area (Å²) in [6, 6.07) is -0.221. The van der Waals surface area contributed by atoms with Gasteiger partial charge in [0.25, 0.3) is 0 Å². The van der Waals surface area contributed by atoms with E-state index in [1.165, 1.54) is 19.3 Å². The van der Waals surface area contributed by atoms with Gasteiger partial charge in [-0.15, -0.1) is 0 Å². The maximum Gasteiger partial charge on any atom is 0.245 e. The summed E-state index contributed by atoms with van der Waals surface area (Å²) in [7, 11) is 0. The Morgan fingerprint density at radius 3 is 2.25 bits per heavy atom. The summed E-state index contributed by atoms with van der Waals surface area (Å²) in [4.78, 5) is 31.2. The van der Waals surface area contributed by atoms with Crippen LogP contribution in [0.1, 0.15) is 71.1 Å². The van der Waals surface area contributed by atoms with E-state index in [4.69, 9.17) is 4.74 Å². The predicted molar refractivity (Wildman–Crippen MR) is 107 cm³/mol. The third kappa shape index (κ3) is 3.18. The molecule has 2 atom stereocenters. The van der Waals surface area contributed by atoms with Gasteiger partial charge in [0.2, 0.25) is 11.8 Å². The average molecular weight is 389 g/mol. The Bertz CT molecular complexity index is 596. The number of hydrogen-bond acceptors (Lipinski definition) is 3. The van der Waals surface area contributed by atoms with E-state index in [9.17, 15) is 9.59 Å². The Balaban J connectivity index is 1.30. The Hall–Kier alpha value is -1.10. The summed E-state index contributed by atoms with van der Waals surface area (Å²) in [5.74, 6) is 2.81. The highest BCUT2D eigenvalue weighted by Gasteiger charge is 2.57. The van der Waals surface area contributed by atoms with Crippen molar-refractivity contribution >= 4 is 11.8 Å². The van der Waals surface area contributed by atoms with E-state index in [0.29, 0.717) is 19.1 Å². The largest absolute Gasteiger partial charge is 0.377 e. The van der Waals surface area contributed by atoms with E-state index in [-0.39, 0.29) is 23.5 Å². The van der Waals surface area contributed by atoms with Gasteiger partial charge in [-0.05, 0) is 88.9 Å². The molecule has 0 aromatic rings. The Labute approximate surface area is 169 Å². The van der Waals surface area contributed by atoms with Crippen molar-refractivity contribution in [3.63, 3.8) is 0 Å². The fourth-order valence-corrected chi connectivity index (χ4v) is 7.66. The lowest BCUT2D eigenvalue weighted by Crippen LogP contribution is -2.58.